The first kappa shape index (κ1) is 21.0. The minimum atomic E-state index is -3.10. The van der Waals surface area contributed by atoms with Crippen LogP contribution >= 0.6 is 0 Å². The number of carbonyl (C=O) groups excluding carboxylic acids is 1. The Bertz CT molecular complexity index is 762. The van der Waals surface area contributed by atoms with Crippen molar-refractivity contribution in [2.45, 2.75) is 30.9 Å². The third-order valence-corrected chi connectivity index (χ3v) is 7.23. The van der Waals surface area contributed by atoms with E-state index in [2.05, 4.69) is 14.9 Å². The summed E-state index contributed by atoms with van der Waals surface area (Å²) in [4.78, 5) is 14.5. The minimum absolute atomic E-state index is 0.175. The second-order valence-corrected chi connectivity index (χ2v) is 9.46. The average molecular weight is 414 g/mol. The van der Waals surface area contributed by atoms with Gasteiger partial charge in [-0.25, -0.2) is 17.5 Å². The second kappa shape index (κ2) is 9.67. The monoisotopic (exact) mass is 413 g/mol. The summed E-state index contributed by atoms with van der Waals surface area (Å²) in [7, 11) is -3.10. The SMILES string of the molecule is O=C(NCC1CCN(CCNS(=O)(=O)C2CC2)CC1)c1cccc(OCF)c1. The molecule has 3 rings (SSSR count). The molecule has 1 aromatic rings. The molecule has 1 amide bonds. The van der Waals surface area contributed by atoms with Gasteiger partial charge in [0, 0.05) is 25.2 Å². The van der Waals surface area contributed by atoms with Crippen LogP contribution in [0.15, 0.2) is 24.3 Å². The lowest BCUT2D eigenvalue weighted by molar-refractivity contribution is 0.0935. The highest BCUT2D eigenvalue weighted by atomic mass is 32.2. The predicted molar refractivity (Wildman–Crippen MR) is 104 cm³/mol. The molecule has 7 nitrogen and oxygen atoms in total. The van der Waals surface area contributed by atoms with Gasteiger partial charge in [-0.1, -0.05) is 6.07 Å². The molecule has 1 heterocycles. The van der Waals surface area contributed by atoms with Crippen molar-refractivity contribution in [3.63, 3.8) is 0 Å². The molecule has 1 aromatic carbocycles. The maximum absolute atomic E-state index is 12.3. The van der Waals surface area contributed by atoms with E-state index in [0.29, 0.717) is 36.9 Å². The van der Waals surface area contributed by atoms with Crippen molar-refractivity contribution in [3.8, 4) is 5.75 Å². The maximum atomic E-state index is 12.3. The molecular formula is C19H28FN3O4S. The number of hydrogen-bond acceptors (Lipinski definition) is 5. The van der Waals surface area contributed by atoms with Gasteiger partial charge in [0.15, 0.2) is 0 Å². The smallest absolute Gasteiger partial charge is 0.251 e. The number of benzene rings is 1. The van der Waals surface area contributed by atoms with Crippen LogP contribution in [0, 0.1) is 5.92 Å². The van der Waals surface area contributed by atoms with Crippen molar-refractivity contribution in [1.29, 1.82) is 0 Å². The molecule has 0 radical (unpaired) electrons. The van der Waals surface area contributed by atoms with Gasteiger partial charge in [0.1, 0.15) is 5.75 Å². The highest BCUT2D eigenvalue weighted by molar-refractivity contribution is 7.90. The average Bonchev–Trinajstić information content (AvgIpc) is 3.53. The number of likely N-dealkylation sites (tertiary alicyclic amines) is 1. The number of halogens is 1. The van der Waals surface area contributed by atoms with E-state index in [1.165, 1.54) is 6.07 Å². The van der Waals surface area contributed by atoms with Crippen LogP contribution in [0.25, 0.3) is 0 Å². The first-order valence-corrected chi connectivity index (χ1v) is 11.3. The molecule has 28 heavy (non-hydrogen) atoms. The Morgan fingerprint density at radius 1 is 1.21 bits per heavy atom. The van der Waals surface area contributed by atoms with Crippen molar-refractivity contribution >= 4 is 15.9 Å². The Morgan fingerprint density at radius 3 is 2.64 bits per heavy atom. The highest BCUT2D eigenvalue weighted by Gasteiger charge is 2.35. The van der Waals surface area contributed by atoms with Crippen molar-refractivity contribution < 1.29 is 22.3 Å². The Kier molecular flexibility index (Phi) is 7.25. The fourth-order valence-electron chi connectivity index (χ4n) is 3.39. The van der Waals surface area contributed by atoms with Crippen LogP contribution in [0.5, 0.6) is 5.75 Å². The lowest BCUT2D eigenvalue weighted by Gasteiger charge is -2.32. The van der Waals surface area contributed by atoms with Crippen LogP contribution in [0.2, 0.25) is 0 Å². The lowest BCUT2D eigenvalue weighted by atomic mass is 9.96. The fraction of sp³-hybridized carbons (Fsp3) is 0.632. The summed E-state index contributed by atoms with van der Waals surface area (Å²) in [6.45, 7) is 2.63. The number of piperidine rings is 1. The standard InChI is InChI=1S/C19H28FN3O4S/c20-14-27-17-3-1-2-16(12-17)19(24)21-13-15-6-9-23(10-7-15)11-8-22-28(25,26)18-4-5-18/h1-3,12,15,18,22H,4-11,13-14H2,(H,21,24). The van der Waals surface area contributed by atoms with Crippen LogP contribution in [0.3, 0.4) is 0 Å². The summed E-state index contributed by atoms with van der Waals surface area (Å²) in [5.74, 6) is 0.538. The van der Waals surface area contributed by atoms with Gasteiger partial charge in [-0.05, 0) is 62.9 Å². The van der Waals surface area contributed by atoms with Crippen molar-refractivity contribution in [3.05, 3.63) is 29.8 Å². The zero-order chi connectivity index (χ0) is 20.0. The Balaban J connectivity index is 1.34. The summed E-state index contributed by atoms with van der Waals surface area (Å²) in [6, 6.07) is 6.47. The van der Waals surface area contributed by atoms with E-state index in [1.54, 1.807) is 18.2 Å². The minimum Gasteiger partial charge on any atom is -0.463 e. The number of rotatable bonds is 10. The van der Waals surface area contributed by atoms with E-state index in [1.807, 2.05) is 0 Å². The summed E-state index contributed by atoms with van der Waals surface area (Å²) in [6.07, 6.45) is 3.47. The Morgan fingerprint density at radius 2 is 1.96 bits per heavy atom. The van der Waals surface area contributed by atoms with Gasteiger partial charge >= 0.3 is 0 Å². The van der Waals surface area contributed by atoms with Crippen LogP contribution in [-0.4, -0.2) is 64.1 Å². The molecule has 2 N–H and O–H groups in total. The number of ether oxygens (including phenoxy) is 1. The molecule has 0 atom stereocenters. The van der Waals surface area contributed by atoms with Gasteiger partial charge in [-0.15, -0.1) is 0 Å². The number of sulfonamides is 1. The molecule has 0 aromatic heterocycles. The number of amides is 1. The number of carbonyl (C=O) groups is 1. The van der Waals surface area contributed by atoms with Crippen LogP contribution in [-0.2, 0) is 10.0 Å². The van der Waals surface area contributed by atoms with E-state index in [9.17, 15) is 17.6 Å². The van der Waals surface area contributed by atoms with Crippen LogP contribution < -0.4 is 14.8 Å². The Labute approximate surface area is 165 Å². The summed E-state index contributed by atoms with van der Waals surface area (Å²) >= 11 is 0. The molecule has 156 valence electrons. The van der Waals surface area contributed by atoms with Crippen LogP contribution in [0.4, 0.5) is 4.39 Å². The molecule has 1 aliphatic carbocycles. The summed E-state index contributed by atoms with van der Waals surface area (Å²) < 4.78 is 43.3. The molecule has 2 fully saturated rings. The van der Waals surface area contributed by atoms with Crippen molar-refractivity contribution in [2.75, 3.05) is 39.6 Å². The third-order valence-electron chi connectivity index (χ3n) is 5.27. The highest BCUT2D eigenvalue weighted by Crippen LogP contribution is 2.27. The summed E-state index contributed by atoms with van der Waals surface area (Å²) in [5, 5.41) is 2.76. The molecule has 2 aliphatic rings. The normalized spacial score (nSPS) is 18.8. The van der Waals surface area contributed by atoms with E-state index >= 15 is 0 Å². The van der Waals surface area contributed by atoms with Crippen molar-refractivity contribution in [1.82, 2.24) is 14.9 Å². The van der Waals surface area contributed by atoms with Gasteiger partial charge in [0.2, 0.25) is 16.9 Å². The molecule has 9 heteroatoms. The van der Waals surface area contributed by atoms with Gasteiger partial charge < -0.3 is 15.0 Å². The van der Waals surface area contributed by atoms with Gasteiger partial charge in [0.25, 0.3) is 5.91 Å². The van der Waals surface area contributed by atoms with Crippen LogP contribution in [0.1, 0.15) is 36.0 Å². The predicted octanol–water partition coefficient (Wildman–Crippen LogP) is 1.52. The number of nitrogens with one attached hydrogen (secondary N) is 2. The largest absolute Gasteiger partial charge is 0.463 e. The van der Waals surface area contributed by atoms with Gasteiger partial charge in [-0.2, -0.15) is 0 Å². The van der Waals surface area contributed by atoms with Gasteiger partial charge in [-0.3, -0.25) is 4.79 Å². The second-order valence-electron chi connectivity index (χ2n) is 7.42. The van der Waals surface area contributed by atoms with Crippen molar-refractivity contribution in [2.24, 2.45) is 5.92 Å². The molecular weight excluding hydrogens is 385 g/mol. The molecule has 1 aliphatic heterocycles. The number of hydrogen-bond donors (Lipinski definition) is 2. The third kappa shape index (κ3) is 6.15. The number of nitrogens with zero attached hydrogens (tertiary/aromatic N) is 1. The number of alkyl halides is 1. The van der Waals surface area contributed by atoms with E-state index in [0.717, 1.165) is 38.8 Å². The summed E-state index contributed by atoms with van der Waals surface area (Å²) in [5.41, 5.74) is 0.450. The van der Waals surface area contributed by atoms with Gasteiger partial charge in [0.05, 0.1) is 5.25 Å². The lowest BCUT2D eigenvalue weighted by Crippen LogP contribution is -2.42. The van der Waals surface area contributed by atoms with E-state index in [4.69, 9.17) is 4.74 Å². The molecule has 1 saturated carbocycles. The quantitative estimate of drug-likeness (QED) is 0.607. The fourth-order valence-corrected chi connectivity index (χ4v) is 4.75. The molecule has 0 unspecified atom stereocenters. The first-order valence-electron chi connectivity index (χ1n) is 9.76. The van der Waals surface area contributed by atoms with E-state index in [-0.39, 0.29) is 11.2 Å². The molecule has 0 spiro atoms. The molecule has 1 saturated heterocycles. The molecule has 0 bridgehead atoms. The zero-order valence-electron chi connectivity index (χ0n) is 15.9. The first-order chi connectivity index (χ1) is 13.5. The Hall–Kier alpha value is -1.71. The maximum Gasteiger partial charge on any atom is 0.251 e. The zero-order valence-corrected chi connectivity index (χ0v) is 16.7. The topological polar surface area (TPSA) is 87.7 Å². The van der Waals surface area contributed by atoms with E-state index < -0.39 is 16.9 Å².